The number of nitrogens with one attached hydrogen (secondary N) is 2. The van der Waals surface area contributed by atoms with E-state index in [0.717, 1.165) is 0 Å². The predicted molar refractivity (Wildman–Crippen MR) is 119 cm³/mol. The van der Waals surface area contributed by atoms with Crippen molar-refractivity contribution in [1.82, 2.24) is 4.31 Å². The molecule has 2 aromatic rings. The van der Waals surface area contributed by atoms with Gasteiger partial charge in [0, 0.05) is 37.3 Å². The highest BCUT2D eigenvalue weighted by molar-refractivity contribution is 7.89. The molecule has 0 unspecified atom stereocenters. The molecule has 0 atom stereocenters. The van der Waals surface area contributed by atoms with Crippen molar-refractivity contribution in [2.75, 3.05) is 30.8 Å². The van der Waals surface area contributed by atoms with Gasteiger partial charge in [-0.05, 0) is 55.3 Å². The Labute approximate surface area is 186 Å². The molecule has 2 amide bonds. The highest BCUT2D eigenvalue weighted by Crippen LogP contribution is 2.30. The number of amides is 2. The molecule has 2 N–H and O–H groups in total. The van der Waals surface area contributed by atoms with E-state index < -0.39 is 10.0 Å². The molecular weight excluding hydrogens is 442 g/mol. The number of hydrogen-bond donors (Lipinski definition) is 2. The van der Waals surface area contributed by atoms with Crippen molar-refractivity contribution >= 4 is 44.8 Å². The Balaban J connectivity index is 1.59. The number of carbonyl (C=O) groups is 2. The van der Waals surface area contributed by atoms with Crippen LogP contribution in [0.2, 0.25) is 5.02 Å². The van der Waals surface area contributed by atoms with Gasteiger partial charge in [-0.15, -0.1) is 0 Å². The van der Waals surface area contributed by atoms with Gasteiger partial charge >= 0.3 is 0 Å². The molecule has 31 heavy (non-hydrogen) atoms. The fourth-order valence-electron chi connectivity index (χ4n) is 3.40. The molecule has 0 aromatic heterocycles. The van der Waals surface area contributed by atoms with Crippen LogP contribution in [0.15, 0.2) is 47.4 Å². The first-order chi connectivity index (χ1) is 14.7. The molecule has 10 heteroatoms. The van der Waals surface area contributed by atoms with Crippen LogP contribution in [0.3, 0.4) is 0 Å². The molecule has 166 valence electrons. The lowest BCUT2D eigenvalue weighted by Gasteiger charge is -2.30. The normalized spacial score (nSPS) is 15.3. The fraction of sp³-hybridized carbons (Fsp3) is 0.333. The number of piperidine rings is 1. The van der Waals surface area contributed by atoms with E-state index in [1.807, 2.05) is 0 Å². The molecule has 1 fully saturated rings. The van der Waals surface area contributed by atoms with Crippen molar-refractivity contribution in [1.29, 1.82) is 0 Å². The van der Waals surface area contributed by atoms with Gasteiger partial charge in [0.2, 0.25) is 21.8 Å². The quantitative estimate of drug-likeness (QED) is 0.680. The van der Waals surface area contributed by atoms with E-state index in [1.54, 1.807) is 24.3 Å². The van der Waals surface area contributed by atoms with Crippen LogP contribution in [-0.4, -0.2) is 44.7 Å². The van der Waals surface area contributed by atoms with E-state index in [-0.39, 0.29) is 40.7 Å². The molecule has 3 rings (SSSR count). The number of carbonyl (C=O) groups excluding carboxylic acids is 2. The Bertz CT molecular complexity index is 1060. The molecule has 1 aliphatic heterocycles. The first-order valence-electron chi connectivity index (χ1n) is 9.73. The molecule has 0 bridgehead atoms. The Morgan fingerprint density at radius 1 is 1.03 bits per heavy atom. The molecular formula is C21H24ClN3O5S. The number of benzene rings is 2. The highest BCUT2D eigenvalue weighted by Gasteiger charge is 2.32. The van der Waals surface area contributed by atoms with Gasteiger partial charge in [0.15, 0.2) is 0 Å². The number of rotatable bonds is 6. The van der Waals surface area contributed by atoms with Gasteiger partial charge in [-0.3, -0.25) is 9.59 Å². The van der Waals surface area contributed by atoms with Gasteiger partial charge in [0.05, 0.1) is 17.0 Å². The van der Waals surface area contributed by atoms with Gasteiger partial charge < -0.3 is 15.4 Å². The van der Waals surface area contributed by atoms with Gasteiger partial charge in [0.1, 0.15) is 5.75 Å². The van der Waals surface area contributed by atoms with E-state index in [0.29, 0.717) is 30.0 Å². The van der Waals surface area contributed by atoms with Crippen LogP contribution in [-0.2, 0) is 19.6 Å². The Kier molecular flexibility index (Phi) is 7.19. The van der Waals surface area contributed by atoms with Crippen molar-refractivity contribution in [2.45, 2.75) is 24.7 Å². The first-order valence-corrected chi connectivity index (χ1v) is 11.5. The maximum Gasteiger partial charge on any atom is 0.243 e. The topological polar surface area (TPSA) is 105 Å². The molecule has 0 spiro atoms. The zero-order chi connectivity index (χ0) is 22.6. The van der Waals surface area contributed by atoms with E-state index >= 15 is 0 Å². The first kappa shape index (κ1) is 23.1. The summed E-state index contributed by atoms with van der Waals surface area (Å²) in [6.45, 7) is 1.91. The highest BCUT2D eigenvalue weighted by atomic mass is 35.5. The average Bonchev–Trinajstić information content (AvgIpc) is 2.74. The number of ether oxygens (including phenoxy) is 1. The Hall–Kier alpha value is -2.62. The lowest BCUT2D eigenvalue weighted by atomic mass is 9.97. The van der Waals surface area contributed by atoms with Crippen LogP contribution in [0.4, 0.5) is 11.4 Å². The van der Waals surface area contributed by atoms with E-state index in [2.05, 4.69) is 10.6 Å². The van der Waals surface area contributed by atoms with Crippen LogP contribution in [0, 0.1) is 5.92 Å². The van der Waals surface area contributed by atoms with Gasteiger partial charge in [-0.2, -0.15) is 4.31 Å². The third-order valence-electron chi connectivity index (χ3n) is 5.06. The monoisotopic (exact) mass is 465 g/mol. The van der Waals surface area contributed by atoms with Crippen LogP contribution in [0.1, 0.15) is 19.8 Å². The number of nitrogens with zero attached hydrogens (tertiary/aromatic N) is 1. The second kappa shape index (κ2) is 9.67. The van der Waals surface area contributed by atoms with Crippen LogP contribution < -0.4 is 15.4 Å². The smallest absolute Gasteiger partial charge is 0.243 e. The lowest BCUT2D eigenvalue weighted by Crippen LogP contribution is -2.41. The van der Waals surface area contributed by atoms with Gasteiger partial charge in [-0.25, -0.2) is 8.42 Å². The van der Waals surface area contributed by atoms with Crippen molar-refractivity contribution in [3.63, 3.8) is 0 Å². The van der Waals surface area contributed by atoms with Crippen molar-refractivity contribution in [3.05, 3.63) is 47.5 Å². The fourth-order valence-corrected chi connectivity index (χ4v) is 5.22. The summed E-state index contributed by atoms with van der Waals surface area (Å²) in [7, 11) is -2.24. The van der Waals surface area contributed by atoms with E-state index in [9.17, 15) is 18.0 Å². The SMILES string of the molecule is COc1ccc(S(=O)(=O)N2CCC(C(=O)Nc3ccc(NC(C)=O)cc3)CC2)cc1Cl. The van der Waals surface area contributed by atoms with Crippen molar-refractivity contribution < 1.29 is 22.7 Å². The zero-order valence-electron chi connectivity index (χ0n) is 17.2. The summed E-state index contributed by atoms with van der Waals surface area (Å²) < 4.78 is 32.3. The summed E-state index contributed by atoms with van der Waals surface area (Å²) in [5, 5.41) is 5.73. The van der Waals surface area contributed by atoms with E-state index in [4.69, 9.17) is 16.3 Å². The van der Waals surface area contributed by atoms with Gasteiger partial charge in [-0.1, -0.05) is 11.6 Å². The lowest BCUT2D eigenvalue weighted by molar-refractivity contribution is -0.121. The maximum absolute atomic E-state index is 12.9. The minimum Gasteiger partial charge on any atom is -0.495 e. The zero-order valence-corrected chi connectivity index (χ0v) is 18.8. The summed E-state index contributed by atoms with van der Waals surface area (Å²) >= 11 is 6.07. The summed E-state index contributed by atoms with van der Waals surface area (Å²) in [4.78, 5) is 23.8. The van der Waals surface area contributed by atoms with Crippen LogP contribution >= 0.6 is 11.6 Å². The molecule has 0 radical (unpaired) electrons. The molecule has 8 nitrogen and oxygen atoms in total. The van der Waals surface area contributed by atoms with Gasteiger partial charge in [0.25, 0.3) is 0 Å². The molecule has 0 aliphatic carbocycles. The number of methoxy groups -OCH3 is 1. The number of halogens is 1. The second-order valence-corrected chi connectivity index (χ2v) is 9.57. The summed E-state index contributed by atoms with van der Waals surface area (Å²) in [6.07, 6.45) is 0.831. The molecule has 1 aliphatic rings. The molecule has 2 aromatic carbocycles. The average molecular weight is 466 g/mol. The maximum atomic E-state index is 12.9. The molecule has 1 heterocycles. The Morgan fingerprint density at radius 3 is 2.13 bits per heavy atom. The van der Waals surface area contributed by atoms with Crippen molar-refractivity contribution in [3.8, 4) is 5.75 Å². The third kappa shape index (κ3) is 5.55. The minimum absolute atomic E-state index is 0.0976. The van der Waals surface area contributed by atoms with Crippen LogP contribution in [0.25, 0.3) is 0 Å². The third-order valence-corrected chi connectivity index (χ3v) is 7.25. The summed E-state index contributed by atoms with van der Waals surface area (Å²) in [6, 6.07) is 11.2. The number of hydrogen-bond acceptors (Lipinski definition) is 5. The second-order valence-electron chi connectivity index (χ2n) is 7.22. The molecule has 1 saturated heterocycles. The number of anilines is 2. The minimum atomic E-state index is -3.71. The summed E-state index contributed by atoms with van der Waals surface area (Å²) in [5.74, 6) is -0.214. The van der Waals surface area contributed by atoms with Crippen LogP contribution in [0.5, 0.6) is 5.75 Å². The largest absolute Gasteiger partial charge is 0.495 e. The molecule has 0 saturated carbocycles. The Morgan fingerprint density at radius 2 is 1.61 bits per heavy atom. The number of sulfonamides is 1. The van der Waals surface area contributed by atoms with E-state index in [1.165, 1.54) is 36.5 Å². The van der Waals surface area contributed by atoms with Crippen molar-refractivity contribution in [2.24, 2.45) is 5.92 Å². The standard InChI is InChI=1S/C21H24ClN3O5S/c1-14(26)23-16-3-5-17(6-4-16)24-21(27)15-9-11-25(12-10-15)31(28,29)18-7-8-20(30-2)19(22)13-18/h3-8,13,15H,9-12H2,1-2H3,(H,23,26)(H,24,27). The summed E-state index contributed by atoms with van der Waals surface area (Å²) in [5.41, 5.74) is 1.25. The predicted octanol–water partition coefficient (Wildman–Crippen LogP) is 3.35.